The molecular formula is C20H28N2O5. The molecule has 0 radical (unpaired) electrons. The summed E-state index contributed by atoms with van der Waals surface area (Å²) in [6, 6.07) is 6.77. The first-order chi connectivity index (χ1) is 13.0. The zero-order chi connectivity index (χ0) is 19.4. The Balaban J connectivity index is 1.56. The molecule has 1 N–H and O–H groups in total. The maximum absolute atomic E-state index is 12.9. The second-order valence-corrected chi connectivity index (χ2v) is 7.22. The molecule has 0 aromatic heterocycles. The largest absolute Gasteiger partial charge is 0.494 e. The van der Waals surface area contributed by atoms with Crippen LogP contribution in [-0.4, -0.2) is 65.3 Å². The van der Waals surface area contributed by atoms with E-state index >= 15 is 0 Å². The van der Waals surface area contributed by atoms with E-state index in [1.54, 1.807) is 36.2 Å². The summed E-state index contributed by atoms with van der Waals surface area (Å²) in [5.41, 5.74) is -0.717. The molecule has 3 rings (SSSR count). The fourth-order valence-electron chi connectivity index (χ4n) is 3.95. The molecular weight excluding hydrogens is 348 g/mol. The van der Waals surface area contributed by atoms with E-state index in [2.05, 4.69) is 0 Å². The van der Waals surface area contributed by atoms with Gasteiger partial charge in [-0.2, -0.15) is 0 Å². The standard InChI is InChI=1S/C20H28N2O5/c1-3-26-16-7-9-17(10-8-16)27-14-15(23)13-22-18(24)20(21(2)19(22)25)11-5-4-6-12-20/h7-10,15,23H,3-6,11-14H2,1-2H3. The molecule has 1 heterocycles. The van der Waals surface area contributed by atoms with Crippen molar-refractivity contribution in [3.8, 4) is 11.5 Å². The number of β-amino-alcohol motifs (C(OH)–C–C–N with tert-alkyl or cyclic N) is 1. The third-order valence-electron chi connectivity index (χ3n) is 5.45. The van der Waals surface area contributed by atoms with E-state index in [1.807, 2.05) is 6.92 Å². The second-order valence-electron chi connectivity index (χ2n) is 7.22. The minimum Gasteiger partial charge on any atom is -0.494 e. The Hall–Kier alpha value is -2.28. The van der Waals surface area contributed by atoms with Gasteiger partial charge in [0.2, 0.25) is 0 Å². The van der Waals surface area contributed by atoms with Gasteiger partial charge in [-0.1, -0.05) is 19.3 Å². The van der Waals surface area contributed by atoms with Crippen LogP contribution in [0, 0.1) is 0 Å². The van der Waals surface area contributed by atoms with Gasteiger partial charge in [-0.05, 0) is 44.0 Å². The third kappa shape index (κ3) is 3.88. The number of nitrogens with zero attached hydrogens (tertiary/aromatic N) is 2. The van der Waals surface area contributed by atoms with E-state index in [9.17, 15) is 14.7 Å². The van der Waals surface area contributed by atoms with Crippen LogP contribution < -0.4 is 9.47 Å². The summed E-state index contributed by atoms with van der Waals surface area (Å²) in [7, 11) is 1.69. The first-order valence-electron chi connectivity index (χ1n) is 9.61. The molecule has 3 amide bonds. The topological polar surface area (TPSA) is 79.3 Å². The van der Waals surface area contributed by atoms with Crippen LogP contribution in [0.1, 0.15) is 39.0 Å². The van der Waals surface area contributed by atoms with Crippen LogP contribution in [0.25, 0.3) is 0 Å². The molecule has 1 saturated heterocycles. The van der Waals surface area contributed by atoms with Crippen molar-refractivity contribution < 1.29 is 24.2 Å². The van der Waals surface area contributed by atoms with Crippen molar-refractivity contribution >= 4 is 11.9 Å². The van der Waals surface area contributed by atoms with Crippen molar-refractivity contribution in [2.24, 2.45) is 0 Å². The van der Waals surface area contributed by atoms with Gasteiger partial charge < -0.3 is 19.5 Å². The van der Waals surface area contributed by atoms with Gasteiger partial charge in [0, 0.05) is 7.05 Å². The average Bonchev–Trinajstić information content (AvgIpc) is 2.85. The quantitative estimate of drug-likeness (QED) is 0.740. The van der Waals surface area contributed by atoms with Gasteiger partial charge in [0.25, 0.3) is 5.91 Å². The highest BCUT2D eigenvalue weighted by molar-refractivity contribution is 6.07. The minimum absolute atomic E-state index is 0.00174. The minimum atomic E-state index is -0.948. The first kappa shape index (κ1) is 19.5. The third-order valence-corrected chi connectivity index (χ3v) is 5.45. The lowest BCUT2D eigenvalue weighted by Crippen LogP contribution is -2.49. The van der Waals surface area contributed by atoms with E-state index in [-0.39, 0.29) is 25.1 Å². The Morgan fingerprint density at radius 3 is 2.26 bits per heavy atom. The highest BCUT2D eigenvalue weighted by Crippen LogP contribution is 2.39. The number of urea groups is 1. The summed E-state index contributed by atoms with van der Waals surface area (Å²) in [6.07, 6.45) is 3.43. The van der Waals surface area contributed by atoms with Crippen molar-refractivity contribution in [2.75, 3.05) is 26.8 Å². The summed E-state index contributed by atoms with van der Waals surface area (Å²) in [5.74, 6) is 1.16. The van der Waals surface area contributed by atoms with Gasteiger partial charge in [-0.15, -0.1) is 0 Å². The molecule has 1 unspecified atom stereocenters. The Kier molecular flexibility index (Phi) is 5.89. The van der Waals surface area contributed by atoms with Gasteiger partial charge in [0.15, 0.2) is 0 Å². The van der Waals surface area contributed by atoms with Crippen molar-refractivity contribution in [3.05, 3.63) is 24.3 Å². The fourth-order valence-corrected chi connectivity index (χ4v) is 3.95. The van der Waals surface area contributed by atoms with Crippen LogP contribution in [0.15, 0.2) is 24.3 Å². The van der Waals surface area contributed by atoms with E-state index in [1.165, 1.54) is 4.90 Å². The van der Waals surface area contributed by atoms with E-state index in [0.29, 0.717) is 25.2 Å². The van der Waals surface area contributed by atoms with Gasteiger partial charge >= 0.3 is 6.03 Å². The Labute approximate surface area is 159 Å². The summed E-state index contributed by atoms with van der Waals surface area (Å²) >= 11 is 0. The molecule has 2 aliphatic rings. The van der Waals surface area contributed by atoms with E-state index < -0.39 is 11.6 Å². The average molecular weight is 376 g/mol. The van der Waals surface area contributed by atoms with Crippen molar-refractivity contribution in [3.63, 3.8) is 0 Å². The summed E-state index contributed by atoms with van der Waals surface area (Å²) in [4.78, 5) is 28.2. The van der Waals surface area contributed by atoms with Crippen molar-refractivity contribution in [1.29, 1.82) is 0 Å². The molecule has 7 heteroatoms. The van der Waals surface area contributed by atoms with Crippen LogP contribution in [0.3, 0.4) is 0 Å². The fraction of sp³-hybridized carbons (Fsp3) is 0.600. The number of ether oxygens (including phenoxy) is 2. The summed E-state index contributed by atoms with van der Waals surface area (Å²) in [6.45, 7) is 2.45. The van der Waals surface area contributed by atoms with E-state index in [4.69, 9.17) is 9.47 Å². The predicted molar refractivity (Wildman–Crippen MR) is 99.8 cm³/mol. The van der Waals surface area contributed by atoms with Crippen LogP contribution in [0.2, 0.25) is 0 Å². The Morgan fingerprint density at radius 2 is 1.67 bits per heavy atom. The lowest BCUT2D eigenvalue weighted by molar-refractivity contribution is -0.135. The molecule has 148 valence electrons. The number of carbonyl (C=O) groups excluding carboxylic acids is 2. The number of benzene rings is 1. The predicted octanol–water partition coefficient (Wildman–Crippen LogP) is 2.42. The molecule has 7 nitrogen and oxygen atoms in total. The number of aliphatic hydroxyl groups excluding tert-OH is 1. The molecule has 0 bridgehead atoms. The Morgan fingerprint density at radius 1 is 1.07 bits per heavy atom. The molecule has 27 heavy (non-hydrogen) atoms. The molecule has 1 aliphatic heterocycles. The van der Waals surface area contributed by atoms with Gasteiger partial charge in [0.05, 0.1) is 13.2 Å². The number of rotatable bonds is 7. The first-order valence-corrected chi connectivity index (χ1v) is 9.61. The number of hydrogen-bond donors (Lipinski definition) is 1. The smallest absolute Gasteiger partial charge is 0.327 e. The van der Waals surface area contributed by atoms with Crippen LogP contribution in [-0.2, 0) is 4.79 Å². The number of carbonyl (C=O) groups is 2. The zero-order valence-corrected chi connectivity index (χ0v) is 16.0. The second kappa shape index (κ2) is 8.17. The number of likely N-dealkylation sites (N-methyl/N-ethyl adjacent to an activating group) is 1. The molecule has 1 aromatic carbocycles. The number of hydrogen-bond acceptors (Lipinski definition) is 5. The maximum atomic E-state index is 12.9. The lowest BCUT2D eigenvalue weighted by atomic mass is 9.81. The summed E-state index contributed by atoms with van der Waals surface area (Å²) in [5, 5.41) is 10.3. The molecule has 1 spiro atoms. The van der Waals surface area contributed by atoms with Gasteiger partial charge in [0.1, 0.15) is 29.7 Å². The van der Waals surface area contributed by atoms with Crippen LogP contribution in [0.5, 0.6) is 11.5 Å². The van der Waals surface area contributed by atoms with Crippen molar-refractivity contribution in [1.82, 2.24) is 9.80 Å². The molecule has 1 aromatic rings. The van der Waals surface area contributed by atoms with Crippen LogP contribution >= 0.6 is 0 Å². The molecule has 1 atom stereocenters. The highest BCUT2D eigenvalue weighted by Gasteiger charge is 2.55. The highest BCUT2D eigenvalue weighted by atomic mass is 16.5. The van der Waals surface area contributed by atoms with Crippen molar-refractivity contribution in [2.45, 2.75) is 50.7 Å². The SMILES string of the molecule is CCOc1ccc(OCC(O)CN2C(=O)N(C)C3(CCCCC3)C2=O)cc1. The molecule has 1 saturated carbocycles. The number of amides is 3. The monoisotopic (exact) mass is 376 g/mol. The van der Waals surface area contributed by atoms with Gasteiger partial charge in [-0.3, -0.25) is 9.69 Å². The number of imide groups is 1. The molecule has 2 fully saturated rings. The normalized spacial score (nSPS) is 20.3. The maximum Gasteiger partial charge on any atom is 0.327 e. The lowest BCUT2D eigenvalue weighted by Gasteiger charge is -2.35. The van der Waals surface area contributed by atoms with Crippen LogP contribution in [0.4, 0.5) is 4.79 Å². The van der Waals surface area contributed by atoms with Gasteiger partial charge in [-0.25, -0.2) is 4.79 Å². The summed E-state index contributed by atoms with van der Waals surface area (Å²) < 4.78 is 10.9. The molecule has 1 aliphatic carbocycles. The zero-order valence-electron chi connectivity index (χ0n) is 16.0. The number of aliphatic hydroxyl groups is 1. The Bertz CT molecular complexity index is 669. The van der Waals surface area contributed by atoms with E-state index in [0.717, 1.165) is 25.0 Å².